The predicted molar refractivity (Wildman–Crippen MR) is 262 cm³/mol. The molecule has 0 aliphatic heterocycles. The van der Waals surface area contributed by atoms with Crippen LogP contribution in [0, 0.1) is 17.2 Å². The minimum atomic E-state index is -0.850. The Balaban J connectivity index is 1.43. The highest BCUT2D eigenvalue weighted by molar-refractivity contribution is 5.87. The molecule has 0 bridgehead atoms. The highest BCUT2D eigenvalue weighted by atomic mass is 19.1. The summed E-state index contributed by atoms with van der Waals surface area (Å²) < 4.78 is 33.6. The Morgan fingerprint density at radius 3 is 1.75 bits per heavy atom. The van der Waals surface area contributed by atoms with Gasteiger partial charge in [0.25, 0.3) is 0 Å². The van der Waals surface area contributed by atoms with Gasteiger partial charge < -0.3 is 24.4 Å². The van der Waals surface area contributed by atoms with E-state index in [1.807, 2.05) is 31.2 Å². The Morgan fingerprint density at radius 2 is 1.23 bits per heavy atom. The van der Waals surface area contributed by atoms with Crippen molar-refractivity contribution in [3.8, 4) is 39.1 Å². The van der Waals surface area contributed by atoms with E-state index in [0.29, 0.717) is 66.9 Å². The lowest BCUT2D eigenvalue weighted by molar-refractivity contribution is -0.139. The van der Waals surface area contributed by atoms with Gasteiger partial charge in [-0.15, -0.1) is 0 Å². The highest BCUT2D eigenvalue weighted by Crippen LogP contribution is 2.40. The summed E-state index contributed by atoms with van der Waals surface area (Å²) in [4.78, 5) is 24.4. The first-order valence-corrected chi connectivity index (χ1v) is 24.0. The predicted octanol–water partition coefficient (Wildman–Crippen LogP) is 13.1. The number of unbranched alkanes of at least 4 members (excludes halogenated alkanes) is 2. The van der Waals surface area contributed by atoms with E-state index in [1.165, 1.54) is 56.9 Å². The van der Waals surface area contributed by atoms with Crippen molar-refractivity contribution in [2.45, 2.75) is 130 Å². The zero-order valence-corrected chi connectivity index (χ0v) is 39.7. The molecule has 0 atom stereocenters. The van der Waals surface area contributed by atoms with Gasteiger partial charge in [0, 0.05) is 16.7 Å². The summed E-state index contributed by atoms with van der Waals surface area (Å²) in [5, 5.41) is 20.6. The molecule has 8 heteroatoms. The molecule has 350 valence electrons. The standard InChI is InChI=1S/C57H73FO7/c1-8-11-12-15-41-18-20-43(21-19-41)44-22-24-45(25-23-44)46-26-29-52(53(58)35-46)47-27-28-51(42(9-2)32-47)50-33-48(16-13-30-63-55(61)39(4)5)54(65-38-57(10-3,36-59)37-60)49(34-50)17-14-31-64-56(62)40(6)7/h22-29,32-35,41,43,59-60H,4,6,8-21,30-31,36-38H2,1-3,5,7H3. The van der Waals surface area contributed by atoms with E-state index in [2.05, 4.69) is 69.5 Å². The summed E-state index contributed by atoms with van der Waals surface area (Å²) in [5.41, 5.74) is 9.08. The Bertz CT molecular complexity index is 2150. The molecule has 0 spiro atoms. The molecule has 0 unspecified atom stereocenters. The maximum atomic E-state index is 16.1. The number of aliphatic hydroxyl groups excluding tert-OH is 2. The molecule has 0 amide bonds. The molecule has 0 aromatic heterocycles. The van der Waals surface area contributed by atoms with Gasteiger partial charge in [-0.25, -0.2) is 14.0 Å². The maximum Gasteiger partial charge on any atom is 0.333 e. The fourth-order valence-electron chi connectivity index (χ4n) is 8.94. The van der Waals surface area contributed by atoms with E-state index in [1.54, 1.807) is 19.9 Å². The van der Waals surface area contributed by atoms with Crippen molar-refractivity contribution in [2.24, 2.45) is 11.3 Å². The second kappa shape index (κ2) is 25.0. The Labute approximate surface area is 388 Å². The molecule has 5 rings (SSSR count). The lowest BCUT2D eigenvalue weighted by atomic mass is 9.77. The van der Waals surface area contributed by atoms with Crippen molar-refractivity contribution in [1.29, 1.82) is 0 Å². The summed E-state index contributed by atoms with van der Waals surface area (Å²) in [6.07, 6.45) is 13.7. The fourth-order valence-corrected chi connectivity index (χ4v) is 8.94. The SMILES string of the molecule is C=C(C)C(=O)OCCCc1cc(-c2ccc(-c3ccc(-c4ccc(C5CCC(CCCCC)CC5)cc4)cc3F)cc2CC)cc(CCCOC(=O)C(=C)C)c1OCC(CC)(CO)CO. The zero-order chi connectivity index (χ0) is 46.9. The highest BCUT2D eigenvalue weighted by Gasteiger charge is 2.29. The molecule has 0 saturated heterocycles. The van der Waals surface area contributed by atoms with E-state index in [4.69, 9.17) is 14.2 Å². The number of halogens is 1. The van der Waals surface area contributed by atoms with Gasteiger partial charge in [-0.3, -0.25) is 0 Å². The van der Waals surface area contributed by atoms with Gasteiger partial charge in [0.05, 0.1) is 38.4 Å². The largest absolute Gasteiger partial charge is 0.492 e. The van der Waals surface area contributed by atoms with Gasteiger partial charge in [-0.2, -0.15) is 0 Å². The van der Waals surface area contributed by atoms with Crippen LogP contribution in [0.1, 0.15) is 133 Å². The average Bonchev–Trinajstić information content (AvgIpc) is 3.32. The molecule has 1 saturated carbocycles. The van der Waals surface area contributed by atoms with Crippen molar-refractivity contribution in [2.75, 3.05) is 33.0 Å². The number of aryl methyl sites for hydroxylation is 3. The number of carbonyl (C=O) groups excluding carboxylic acids is 2. The smallest absolute Gasteiger partial charge is 0.333 e. The Kier molecular flexibility index (Phi) is 19.6. The topological polar surface area (TPSA) is 102 Å². The monoisotopic (exact) mass is 889 g/mol. The number of esters is 2. The van der Waals surface area contributed by atoms with E-state index in [0.717, 1.165) is 50.4 Å². The van der Waals surface area contributed by atoms with Crippen LogP contribution in [0.25, 0.3) is 33.4 Å². The number of benzene rings is 4. The maximum absolute atomic E-state index is 16.1. The molecule has 1 aliphatic rings. The van der Waals surface area contributed by atoms with Crippen LogP contribution < -0.4 is 4.74 Å². The van der Waals surface area contributed by atoms with Gasteiger partial charge in [-0.1, -0.05) is 114 Å². The minimum Gasteiger partial charge on any atom is -0.492 e. The van der Waals surface area contributed by atoms with Gasteiger partial charge in [0.2, 0.25) is 0 Å². The van der Waals surface area contributed by atoms with E-state index in [9.17, 15) is 19.8 Å². The van der Waals surface area contributed by atoms with Crippen molar-refractivity contribution >= 4 is 11.9 Å². The summed E-state index contributed by atoms with van der Waals surface area (Å²) in [6.45, 7) is 16.8. The third-order valence-electron chi connectivity index (χ3n) is 13.4. The normalized spacial score (nSPS) is 15.1. The number of ether oxygens (including phenoxy) is 3. The summed E-state index contributed by atoms with van der Waals surface area (Å²) >= 11 is 0. The molecule has 65 heavy (non-hydrogen) atoms. The summed E-state index contributed by atoms with van der Waals surface area (Å²) in [5.74, 6) is 0.923. The van der Waals surface area contributed by atoms with Gasteiger partial charge in [0.15, 0.2) is 0 Å². The Morgan fingerprint density at radius 1 is 0.677 bits per heavy atom. The van der Waals surface area contributed by atoms with Crippen molar-refractivity contribution < 1.29 is 38.4 Å². The van der Waals surface area contributed by atoms with Crippen molar-refractivity contribution in [3.05, 3.63) is 125 Å². The third-order valence-corrected chi connectivity index (χ3v) is 13.4. The van der Waals surface area contributed by atoms with Gasteiger partial charge in [-0.05, 0) is 158 Å². The number of hydrogen-bond donors (Lipinski definition) is 2. The van der Waals surface area contributed by atoms with E-state index in [-0.39, 0.29) is 38.9 Å². The van der Waals surface area contributed by atoms with E-state index >= 15 is 4.39 Å². The lowest BCUT2D eigenvalue weighted by Gasteiger charge is -2.29. The lowest BCUT2D eigenvalue weighted by Crippen LogP contribution is -2.36. The molecule has 2 N–H and O–H groups in total. The van der Waals surface area contributed by atoms with Crippen LogP contribution in [0.5, 0.6) is 5.75 Å². The van der Waals surface area contributed by atoms with Crippen LogP contribution >= 0.6 is 0 Å². The Hall–Kier alpha value is -5.05. The molecular formula is C57H73FO7. The first-order valence-electron chi connectivity index (χ1n) is 24.0. The molecule has 4 aromatic rings. The van der Waals surface area contributed by atoms with E-state index < -0.39 is 17.4 Å². The first-order chi connectivity index (χ1) is 31.3. The van der Waals surface area contributed by atoms with Crippen LogP contribution in [0.2, 0.25) is 0 Å². The third kappa shape index (κ3) is 14.0. The minimum absolute atomic E-state index is 0.0792. The fraction of sp³-hybridized carbons (Fsp3) is 0.474. The molecule has 4 aromatic carbocycles. The number of rotatable bonds is 25. The number of carbonyl (C=O) groups is 2. The van der Waals surface area contributed by atoms with Crippen molar-refractivity contribution in [1.82, 2.24) is 0 Å². The first kappa shape index (κ1) is 50.9. The van der Waals surface area contributed by atoms with Crippen LogP contribution in [0.4, 0.5) is 4.39 Å². The van der Waals surface area contributed by atoms with Crippen molar-refractivity contribution in [3.63, 3.8) is 0 Å². The second-order valence-corrected chi connectivity index (χ2v) is 18.4. The van der Waals surface area contributed by atoms with Crippen LogP contribution in [-0.4, -0.2) is 55.2 Å². The molecule has 1 fully saturated rings. The van der Waals surface area contributed by atoms with Gasteiger partial charge >= 0.3 is 11.9 Å². The quantitative estimate of drug-likeness (QED) is 0.0388. The van der Waals surface area contributed by atoms with Crippen LogP contribution in [0.3, 0.4) is 0 Å². The zero-order valence-electron chi connectivity index (χ0n) is 39.7. The molecular weight excluding hydrogens is 816 g/mol. The average molecular weight is 889 g/mol. The number of hydrogen-bond acceptors (Lipinski definition) is 7. The van der Waals surface area contributed by atoms with Crippen LogP contribution in [-0.2, 0) is 38.3 Å². The number of aliphatic hydroxyl groups is 2. The summed E-state index contributed by atoms with van der Waals surface area (Å²) in [6, 6.07) is 24.5. The summed E-state index contributed by atoms with van der Waals surface area (Å²) in [7, 11) is 0. The van der Waals surface area contributed by atoms with Crippen LogP contribution in [0.15, 0.2) is 97.1 Å². The second-order valence-electron chi connectivity index (χ2n) is 18.4. The molecule has 7 nitrogen and oxygen atoms in total. The molecule has 0 radical (unpaired) electrons. The molecule has 0 heterocycles. The van der Waals surface area contributed by atoms with Gasteiger partial charge in [0.1, 0.15) is 11.6 Å². The molecule has 1 aliphatic carbocycles.